The zero-order valence-corrected chi connectivity index (χ0v) is 33.1. The molecule has 0 aromatic heterocycles. The fourth-order valence-electron chi connectivity index (χ4n) is 5.46. The average Bonchev–Trinajstić information content (AvgIpc) is 2.86. The van der Waals surface area contributed by atoms with Gasteiger partial charge in [0, 0.05) is 26.1 Å². The van der Waals surface area contributed by atoms with Gasteiger partial charge in [-0.05, 0) is 12.8 Å². The highest BCUT2D eigenvalue weighted by atomic mass is 79.9. The maximum absolute atomic E-state index is 11.8. The molecule has 0 unspecified atom stereocenters. The summed E-state index contributed by atoms with van der Waals surface area (Å²) in [5.74, 6) is 0. The van der Waals surface area contributed by atoms with Crippen LogP contribution in [0, 0.1) is 0 Å². The van der Waals surface area contributed by atoms with Crippen LogP contribution in [0.5, 0.6) is 0 Å². The van der Waals surface area contributed by atoms with E-state index in [2.05, 4.69) is 6.92 Å². The summed E-state index contributed by atoms with van der Waals surface area (Å²) in [7, 11) is -17.5. The van der Waals surface area contributed by atoms with E-state index in [9.17, 15) is 57.4 Å². The van der Waals surface area contributed by atoms with E-state index in [0.717, 1.165) is 30.7 Å². The third-order valence-electron chi connectivity index (χ3n) is 8.25. The van der Waals surface area contributed by atoms with E-state index in [0.29, 0.717) is 11.0 Å². The van der Waals surface area contributed by atoms with E-state index >= 15 is 0 Å². The van der Waals surface area contributed by atoms with Gasteiger partial charge in [0.2, 0.25) is 0 Å². The van der Waals surface area contributed by atoms with Crippen LogP contribution in [0.3, 0.4) is 0 Å². The number of hydrogen-bond donors (Lipinski definition) is 8. The number of hydrogen-bond acceptors (Lipinski definition) is 5. The van der Waals surface area contributed by atoms with Crippen LogP contribution in [0.2, 0.25) is 0 Å². The molecule has 8 N–H and O–H groups in total. The van der Waals surface area contributed by atoms with Crippen LogP contribution in [-0.2, 0) is 18.3 Å². The summed E-state index contributed by atoms with van der Waals surface area (Å²) in [4.78, 5) is 77.1. The Balaban J connectivity index is 0. The molecule has 14 nitrogen and oxygen atoms in total. The average molecular weight is 812 g/mol. The van der Waals surface area contributed by atoms with Crippen LogP contribution in [0.1, 0.15) is 116 Å². The van der Waals surface area contributed by atoms with E-state index in [-0.39, 0.29) is 29.9 Å². The lowest BCUT2D eigenvalue weighted by Gasteiger charge is -2.34. The van der Waals surface area contributed by atoms with E-state index in [4.69, 9.17) is 0 Å². The van der Waals surface area contributed by atoms with Gasteiger partial charge in [0.15, 0.2) is 10.8 Å². The number of rotatable bonds is 29. The topological polar surface area (TPSA) is 233 Å². The summed E-state index contributed by atoms with van der Waals surface area (Å²) < 4.78 is 47.8. The molecule has 0 fully saturated rings. The van der Waals surface area contributed by atoms with Gasteiger partial charge < -0.3 is 60.6 Å². The first kappa shape index (κ1) is 49.1. The molecular weight excluding hydrogens is 748 g/mol. The van der Waals surface area contributed by atoms with Gasteiger partial charge in [-0.1, -0.05) is 96.8 Å². The molecule has 46 heavy (non-hydrogen) atoms. The molecule has 0 aromatic rings. The monoisotopic (exact) mass is 810 g/mol. The summed E-state index contributed by atoms with van der Waals surface area (Å²) in [6.07, 6.45) is 20.6. The molecule has 0 aliphatic rings. The van der Waals surface area contributed by atoms with Gasteiger partial charge in [-0.3, -0.25) is 23.2 Å². The number of unbranched alkanes of at least 4 members (excludes halogenated alkanes) is 15. The molecule has 0 saturated heterocycles. The maximum atomic E-state index is 11.8. The van der Waals surface area contributed by atoms with Crippen molar-refractivity contribution in [2.45, 2.75) is 127 Å². The smallest absolute Gasteiger partial charge is 0.342 e. The van der Waals surface area contributed by atoms with Crippen molar-refractivity contribution in [2.75, 3.05) is 46.8 Å². The van der Waals surface area contributed by atoms with Crippen LogP contribution in [0.15, 0.2) is 0 Å². The lowest BCUT2D eigenvalue weighted by Crippen LogP contribution is -3.00. The van der Waals surface area contributed by atoms with E-state index in [1.54, 1.807) is 0 Å². The van der Waals surface area contributed by atoms with Gasteiger partial charge in [-0.2, -0.15) is 0 Å². The van der Waals surface area contributed by atoms with Crippen LogP contribution in [0.25, 0.3) is 0 Å². The second kappa shape index (κ2) is 24.2. The molecule has 0 atom stereocenters. The quantitative estimate of drug-likeness (QED) is 0.0309. The molecule has 0 amide bonds. The first-order chi connectivity index (χ1) is 20.6. The zero-order chi connectivity index (χ0) is 34.8. The van der Waals surface area contributed by atoms with Crippen LogP contribution >= 0.6 is 30.4 Å². The Morgan fingerprint density at radius 2 is 0.739 bits per heavy atom. The number of nitrogens with zero attached hydrogens (tertiary/aromatic N) is 2. The Labute approximate surface area is 287 Å². The molecule has 0 rings (SSSR count). The Morgan fingerprint density at radius 1 is 0.478 bits per heavy atom. The predicted molar refractivity (Wildman–Crippen MR) is 178 cm³/mol. The summed E-state index contributed by atoms with van der Waals surface area (Å²) in [6, 6.07) is 0. The van der Waals surface area contributed by atoms with Crippen molar-refractivity contribution in [3.05, 3.63) is 0 Å². The summed E-state index contributed by atoms with van der Waals surface area (Å²) >= 11 is 0. The minimum absolute atomic E-state index is 0. The molecule has 19 heteroatoms. The van der Waals surface area contributed by atoms with Crippen molar-refractivity contribution < 1.29 is 78.9 Å². The first-order valence-electron chi connectivity index (χ1n) is 16.4. The standard InChI is InChI=1S/C27H62N2O12P4.BrH/c1-4-5-6-7-8-9-10-11-12-13-14-15-16-17-18-19-22-29(2,3)23-20-21-28(24-26(42(30,31)32)43(33,34)35)25-27(44(36,37)38)45(39,40)41;/h26-27H,4-25H2,1-3H3,(H7-,30,31,32,33,34,35,36,37,38,39,40,41);1H. The largest absolute Gasteiger partial charge is 1.00 e. The molecule has 0 radical (unpaired) electrons. The molecule has 0 bridgehead atoms. The Kier molecular flexibility index (Phi) is 25.9. The van der Waals surface area contributed by atoms with Crippen molar-refractivity contribution in [3.8, 4) is 0 Å². The third kappa shape index (κ3) is 25.0. The zero-order valence-electron chi connectivity index (χ0n) is 28.0. The Hall–Kier alpha value is 1.000. The number of quaternary nitrogens is 1. The second-order valence-electron chi connectivity index (χ2n) is 13.1. The van der Waals surface area contributed by atoms with E-state index in [1.807, 2.05) is 14.1 Å². The molecule has 0 spiro atoms. The lowest BCUT2D eigenvalue weighted by atomic mass is 10.0. The fourth-order valence-corrected chi connectivity index (χ4v) is 10.4. The Morgan fingerprint density at radius 3 is 1.02 bits per heavy atom. The van der Waals surface area contributed by atoms with E-state index < -0.39 is 54.3 Å². The molecule has 280 valence electrons. The van der Waals surface area contributed by atoms with Crippen LogP contribution in [0.4, 0.5) is 0 Å². The van der Waals surface area contributed by atoms with Crippen molar-refractivity contribution in [3.63, 3.8) is 0 Å². The molecule has 0 aliphatic carbocycles. The highest BCUT2D eigenvalue weighted by Gasteiger charge is 2.48. The highest BCUT2D eigenvalue weighted by Crippen LogP contribution is 2.62. The van der Waals surface area contributed by atoms with Gasteiger partial charge in [-0.25, -0.2) is 0 Å². The molecular formula is C27H63BrN2O12P4. The minimum Gasteiger partial charge on any atom is -1.00 e. The first-order valence-corrected chi connectivity index (χ1v) is 23.1. The summed E-state index contributed by atoms with van der Waals surface area (Å²) in [6.45, 7) is 1.44. The predicted octanol–water partition coefficient (Wildman–Crippen LogP) is 2.38. The lowest BCUT2D eigenvalue weighted by molar-refractivity contribution is -0.890. The van der Waals surface area contributed by atoms with Gasteiger partial charge in [0.1, 0.15) is 0 Å². The fraction of sp³-hybridized carbons (Fsp3) is 1.00. The third-order valence-corrected chi connectivity index (χ3v) is 15.6. The van der Waals surface area contributed by atoms with Crippen molar-refractivity contribution in [1.29, 1.82) is 0 Å². The van der Waals surface area contributed by atoms with Crippen molar-refractivity contribution in [1.82, 2.24) is 4.90 Å². The SMILES string of the molecule is CCCCCCCCCCCCCCCCCC[N+](C)(C)CCCN(CC(P(=O)(O)O)P(=O)(O)O)CC(P(=O)(O)O)P(=O)(O)O.[Br-]. The van der Waals surface area contributed by atoms with Gasteiger partial charge in [0.05, 0.1) is 27.2 Å². The highest BCUT2D eigenvalue weighted by molar-refractivity contribution is 7.71. The van der Waals surface area contributed by atoms with Gasteiger partial charge in [0.25, 0.3) is 0 Å². The van der Waals surface area contributed by atoms with Gasteiger partial charge >= 0.3 is 30.4 Å². The molecule has 0 heterocycles. The molecule has 0 saturated carbocycles. The summed E-state index contributed by atoms with van der Waals surface area (Å²) in [5, 5.41) is -5.02. The second-order valence-corrected chi connectivity index (χ2v) is 21.1. The Bertz CT molecular complexity index is 892. The minimum atomic E-state index is -5.38. The van der Waals surface area contributed by atoms with Crippen molar-refractivity contribution >= 4 is 30.4 Å². The molecule has 0 aromatic carbocycles. The van der Waals surface area contributed by atoms with Crippen LogP contribution in [-0.4, -0.2) is 106 Å². The van der Waals surface area contributed by atoms with Gasteiger partial charge in [-0.15, -0.1) is 0 Å². The van der Waals surface area contributed by atoms with E-state index in [1.165, 1.54) is 83.5 Å². The number of halogens is 1. The van der Waals surface area contributed by atoms with Crippen molar-refractivity contribution in [2.24, 2.45) is 0 Å². The summed E-state index contributed by atoms with van der Waals surface area (Å²) in [5.41, 5.74) is 0. The normalized spacial score (nSPS) is 13.6. The maximum Gasteiger partial charge on any atom is 0.342 e. The van der Waals surface area contributed by atoms with Crippen LogP contribution < -0.4 is 17.0 Å². The molecule has 0 aliphatic heterocycles.